The molecule has 152 valence electrons. The fourth-order valence-corrected chi connectivity index (χ4v) is 3.36. The fraction of sp³-hybridized carbons (Fsp3) is 0.280. The lowest BCUT2D eigenvalue weighted by Crippen LogP contribution is -2.22. The van der Waals surface area contributed by atoms with Crippen molar-refractivity contribution in [3.8, 4) is 5.75 Å². The Kier molecular flexibility index (Phi) is 8.57. The molecule has 0 aromatic heterocycles. The van der Waals surface area contributed by atoms with Crippen LogP contribution in [0, 0.1) is 0 Å². The second kappa shape index (κ2) is 11.6. The first-order valence-corrected chi connectivity index (χ1v) is 10.4. The lowest BCUT2D eigenvalue weighted by Gasteiger charge is -2.19. The van der Waals surface area contributed by atoms with Gasteiger partial charge >= 0.3 is 0 Å². The van der Waals surface area contributed by atoms with Gasteiger partial charge in [0.2, 0.25) is 0 Å². The lowest BCUT2D eigenvalue weighted by atomic mass is 10.0. The predicted octanol–water partition coefficient (Wildman–Crippen LogP) is 5.68. The van der Waals surface area contributed by atoms with Crippen molar-refractivity contribution in [2.24, 2.45) is 0 Å². The van der Waals surface area contributed by atoms with E-state index in [0.717, 1.165) is 47.8 Å². The van der Waals surface area contributed by atoms with Gasteiger partial charge in [-0.2, -0.15) is 0 Å². The Bertz CT molecular complexity index is 835. The van der Waals surface area contributed by atoms with Crippen LogP contribution in [0.25, 0.3) is 0 Å². The quantitative estimate of drug-likeness (QED) is 0.413. The Labute approximate surface area is 178 Å². The fourth-order valence-electron chi connectivity index (χ4n) is 3.23. The van der Waals surface area contributed by atoms with Gasteiger partial charge in [-0.1, -0.05) is 66.2 Å². The van der Waals surface area contributed by atoms with Gasteiger partial charge in [-0.25, -0.2) is 0 Å². The molecule has 1 N–H and O–H groups in total. The summed E-state index contributed by atoms with van der Waals surface area (Å²) in [5, 5.41) is 4.21. The van der Waals surface area contributed by atoms with Gasteiger partial charge in [0.15, 0.2) is 0 Å². The zero-order chi connectivity index (χ0) is 20.3. The van der Waals surface area contributed by atoms with Gasteiger partial charge in [-0.05, 0) is 60.3 Å². The smallest absolute Gasteiger partial charge is 0.118 e. The number of aryl methyl sites for hydroxylation is 1. The second-order valence-electron chi connectivity index (χ2n) is 6.91. The van der Waals surface area contributed by atoms with Crippen LogP contribution in [0.4, 0.5) is 0 Å². The number of benzene rings is 3. The Morgan fingerprint density at radius 3 is 2.21 bits per heavy atom. The van der Waals surface area contributed by atoms with Crippen LogP contribution in [0.3, 0.4) is 0 Å². The Morgan fingerprint density at radius 1 is 0.828 bits per heavy atom. The monoisotopic (exact) mass is 409 g/mol. The molecular formula is C25H28ClNO2. The number of nitrogens with one attached hydrogen (secondary N) is 1. The van der Waals surface area contributed by atoms with Gasteiger partial charge < -0.3 is 14.8 Å². The van der Waals surface area contributed by atoms with Crippen LogP contribution >= 0.6 is 11.6 Å². The van der Waals surface area contributed by atoms with E-state index in [9.17, 15) is 0 Å². The largest absolute Gasteiger partial charge is 0.497 e. The Morgan fingerprint density at radius 2 is 1.52 bits per heavy atom. The first-order valence-electron chi connectivity index (χ1n) is 10.0. The molecule has 0 spiro atoms. The van der Waals surface area contributed by atoms with Crippen molar-refractivity contribution in [3.63, 3.8) is 0 Å². The first-order chi connectivity index (χ1) is 14.3. The van der Waals surface area contributed by atoms with Crippen LogP contribution < -0.4 is 10.1 Å². The minimum absolute atomic E-state index is 0.0884. The van der Waals surface area contributed by atoms with Gasteiger partial charge in [0.25, 0.3) is 0 Å². The number of halogens is 1. The molecule has 0 bridgehead atoms. The van der Waals surface area contributed by atoms with Crippen molar-refractivity contribution in [1.29, 1.82) is 0 Å². The van der Waals surface area contributed by atoms with Crippen LogP contribution in [0.15, 0.2) is 78.9 Å². The summed E-state index contributed by atoms with van der Waals surface area (Å²) in [6, 6.07) is 26.4. The molecule has 29 heavy (non-hydrogen) atoms. The summed E-state index contributed by atoms with van der Waals surface area (Å²) in [5.74, 6) is 0.901. The molecule has 0 aliphatic rings. The van der Waals surface area contributed by atoms with E-state index in [1.165, 1.54) is 5.56 Å². The van der Waals surface area contributed by atoms with E-state index in [2.05, 4.69) is 29.6 Å². The molecule has 3 aromatic carbocycles. The summed E-state index contributed by atoms with van der Waals surface area (Å²) in [4.78, 5) is 0. The van der Waals surface area contributed by atoms with Gasteiger partial charge in [-0.15, -0.1) is 0 Å². The van der Waals surface area contributed by atoms with Gasteiger partial charge in [0.05, 0.1) is 13.7 Å². The number of ether oxygens (including phenoxy) is 2. The van der Waals surface area contributed by atoms with E-state index in [4.69, 9.17) is 21.1 Å². The molecule has 0 aliphatic carbocycles. The summed E-state index contributed by atoms with van der Waals surface area (Å²) >= 11 is 6.04. The molecular weight excluding hydrogens is 382 g/mol. The maximum atomic E-state index is 6.22. The van der Waals surface area contributed by atoms with E-state index in [1.54, 1.807) is 7.11 Å². The molecule has 3 rings (SSSR count). The van der Waals surface area contributed by atoms with Crippen molar-refractivity contribution in [1.82, 2.24) is 5.32 Å². The van der Waals surface area contributed by atoms with Gasteiger partial charge in [0, 0.05) is 11.6 Å². The third-order valence-electron chi connectivity index (χ3n) is 4.82. The van der Waals surface area contributed by atoms with Crippen molar-refractivity contribution in [3.05, 3.63) is 101 Å². The van der Waals surface area contributed by atoms with Crippen LogP contribution in [-0.2, 0) is 11.2 Å². The van der Waals surface area contributed by atoms with E-state index < -0.39 is 0 Å². The molecule has 0 aliphatic heterocycles. The highest BCUT2D eigenvalue weighted by molar-refractivity contribution is 6.30. The number of methoxy groups -OCH3 is 1. The molecule has 0 heterocycles. The number of hydrogen-bond acceptors (Lipinski definition) is 3. The minimum Gasteiger partial charge on any atom is -0.497 e. The summed E-state index contributed by atoms with van der Waals surface area (Å²) in [6.07, 6.45) is 2.05. The lowest BCUT2D eigenvalue weighted by molar-refractivity contribution is 0.0821. The predicted molar refractivity (Wildman–Crippen MR) is 120 cm³/mol. The van der Waals surface area contributed by atoms with E-state index in [-0.39, 0.29) is 6.10 Å². The molecule has 0 fully saturated rings. The molecule has 0 amide bonds. The summed E-state index contributed by atoms with van der Waals surface area (Å²) < 4.78 is 11.4. The SMILES string of the molecule is COc1ccc(CCCNCCOC(c2ccccc2)c2ccc(Cl)cc2)cc1. The zero-order valence-corrected chi connectivity index (χ0v) is 17.6. The van der Waals surface area contributed by atoms with Crippen LogP contribution in [0.2, 0.25) is 5.02 Å². The topological polar surface area (TPSA) is 30.5 Å². The average molecular weight is 410 g/mol. The minimum atomic E-state index is -0.0884. The van der Waals surface area contributed by atoms with Crippen LogP contribution in [-0.4, -0.2) is 26.8 Å². The molecule has 0 saturated heterocycles. The third-order valence-corrected chi connectivity index (χ3v) is 5.07. The molecule has 0 saturated carbocycles. The molecule has 1 atom stereocenters. The molecule has 3 aromatic rings. The highest BCUT2D eigenvalue weighted by Crippen LogP contribution is 2.26. The number of rotatable bonds is 11. The molecule has 4 heteroatoms. The zero-order valence-electron chi connectivity index (χ0n) is 16.8. The average Bonchev–Trinajstić information content (AvgIpc) is 2.77. The summed E-state index contributed by atoms with van der Waals surface area (Å²) in [6.45, 7) is 2.43. The number of hydrogen-bond donors (Lipinski definition) is 1. The van der Waals surface area contributed by atoms with Crippen LogP contribution in [0.1, 0.15) is 29.2 Å². The highest BCUT2D eigenvalue weighted by Gasteiger charge is 2.14. The highest BCUT2D eigenvalue weighted by atomic mass is 35.5. The van der Waals surface area contributed by atoms with Gasteiger partial charge in [0.1, 0.15) is 11.9 Å². The second-order valence-corrected chi connectivity index (χ2v) is 7.35. The van der Waals surface area contributed by atoms with Crippen molar-refractivity contribution in [2.75, 3.05) is 26.8 Å². The normalized spacial score (nSPS) is 11.9. The summed E-state index contributed by atoms with van der Waals surface area (Å²) in [5.41, 5.74) is 3.59. The van der Waals surface area contributed by atoms with Crippen molar-refractivity contribution in [2.45, 2.75) is 18.9 Å². The first kappa shape index (κ1) is 21.4. The van der Waals surface area contributed by atoms with Crippen molar-refractivity contribution >= 4 is 11.6 Å². The molecule has 3 nitrogen and oxygen atoms in total. The van der Waals surface area contributed by atoms with E-state index in [1.807, 2.05) is 54.6 Å². The van der Waals surface area contributed by atoms with Crippen LogP contribution in [0.5, 0.6) is 5.75 Å². The van der Waals surface area contributed by atoms with E-state index >= 15 is 0 Å². The Hall–Kier alpha value is -2.33. The van der Waals surface area contributed by atoms with E-state index in [0.29, 0.717) is 6.61 Å². The summed E-state index contributed by atoms with van der Waals surface area (Å²) in [7, 11) is 1.69. The van der Waals surface area contributed by atoms with Crippen molar-refractivity contribution < 1.29 is 9.47 Å². The standard InChI is InChI=1S/C25H28ClNO2/c1-28-24-15-9-20(10-16-24)6-5-17-27-18-19-29-25(21-7-3-2-4-8-21)22-11-13-23(26)14-12-22/h2-4,7-16,25,27H,5-6,17-19H2,1H3. The molecule has 1 unspecified atom stereocenters. The Balaban J connectivity index is 1.42. The molecule has 0 radical (unpaired) electrons. The maximum Gasteiger partial charge on any atom is 0.118 e. The maximum absolute atomic E-state index is 6.22. The third kappa shape index (κ3) is 6.90. The van der Waals surface area contributed by atoms with Gasteiger partial charge in [-0.3, -0.25) is 0 Å².